The van der Waals surface area contributed by atoms with Gasteiger partial charge in [-0.3, -0.25) is 4.79 Å². The van der Waals surface area contributed by atoms with Crippen molar-refractivity contribution in [1.82, 2.24) is 25.4 Å². The van der Waals surface area contributed by atoms with Crippen LogP contribution in [0.3, 0.4) is 0 Å². The zero-order valence-electron chi connectivity index (χ0n) is 8.03. The molecule has 1 aromatic rings. The van der Waals surface area contributed by atoms with Gasteiger partial charge >= 0.3 is 0 Å². The van der Waals surface area contributed by atoms with Crippen LogP contribution in [-0.2, 0) is 18.4 Å². The maximum atomic E-state index is 11.4. The van der Waals surface area contributed by atoms with Crippen molar-refractivity contribution in [3.05, 3.63) is 12.2 Å². The summed E-state index contributed by atoms with van der Waals surface area (Å²) < 4.78 is 1.79. The molecule has 6 nitrogen and oxygen atoms in total. The number of hydrogen-bond donors (Lipinski definition) is 2. The molecule has 1 amide bonds. The second-order valence-electron chi connectivity index (χ2n) is 3.43. The number of aryl methyl sites for hydroxylation is 1. The number of amides is 1. The molecule has 1 aromatic heterocycles. The van der Waals surface area contributed by atoms with Gasteiger partial charge in [-0.1, -0.05) is 0 Å². The van der Waals surface area contributed by atoms with Crippen LogP contribution in [0.1, 0.15) is 5.82 Å². The van der Waals surface area contributed by atoms with E-state index in [1.165, 1.54) is 0 Å². The van der Waals surface area contributed by atoms with Gasteiger partial charge in [0.05, 0.1) is 12.5 Å². The molecule has 0 bridgehead atoms. The highest BCUT2D eigenvalue weighted by molar-refractivity contribution is 5.79. The number of rotatable bonds is 3. The van der Waals surface area contributed by atoms with Crippen LogP contribution in [0.5, 0.6) is 0 Å². The molecular formula is C8H13N5O. The highest BCUT2D eigenvalue weighted by Crippen LogP contribution is 2.02. The first kappa shape index (κ1) is 9.14. The van der Waals surface area contributed by atoms with Crippen LogP contribution >= 0.6 is 0 Å². The Kier molecular flexibility index (Phi) is 2.45. The van der Waals surface area contributed by atoms with E-state index in [4.69, 9.17) is 0 Å². The Hall–Kier alpha value is -1.43. The van der Waals surface area contributed by atoms with Crippen molar-refractivity contribution in [1.29, 1.82) is 0 Å². The van der Waals surface area contributed by atoms with Crippen LogP contribution in [0.15, 0.2) is 6.33 Å². The molecule has 0 spiro atoms. The van der Waals surface area contributed by atoms with E-state index in [2.05, 4.69) is 20.8 Å². The number of aromatic nitrogens is 3. The molecule has 0 atom stereocenters. The quantitative estimate of drug-likeness (QED) is 0.625. The van der Waals surface area contributed by atoms with Gasteiger partial charge in [0.15, 0.2) is 5.82 Å². The van der Waals surface area contributed by atoms with Gasteiger partial charge in [0, 0.05) is 20.1 Å². The van der Waals surface area contributed by atoms with Crippen molar-refractivity contribution in [3.63, 3.8) is 0 Å². The normalized spacial score (nSPS) is 16.4. The average molecular weight is 195 g/mol. The number of carbonyl (C=O) groups excluding carboxylic acids is 1. The predicted molar refractivity (Wildman–Crippen MR) is 49.2 cm³/mol. The second kappa shape index (κ2) is 3.75. The van der Waals surface area contributed by atoms with E-state index < -0.39 is 0 Å². The van der Waals surface area contributed by atoms with Gasteiger partial charge in [-0.05, 0) is 0 Å². The summed E-state index contributed by atoms with van der Waals surface area (Å²) in [4.78, 5) is 11.4. The molecule has 1 saturated heterocycles. The third-order valence-corrected chi connectivity index (χ3v) is 2.38. The molecule has 1 aliphatic rings. The molecule has 0 unspecified atom stereocenters. The van der Waals surface area contributed by atoms with E-state index in [1.807, 2.05) is 7.05 Å². The fourth-order valence-electron chi connectivity index (χ4n) is 1.25. The molecule has 2 rings (SSSR count). The summed E-state index contributed by atoms with van der Waals surface area (Å²) in [6.45, 7) is 2.02. The number of carbonyl (C=O) groups is 1. The molecular weight excluding hydrogens is 182 g/mol. The summed E-state index contributed by atoms with van der Waals surface area (Å²) in [6, 6.07) is 0. The maximum Gasteiger partial charge on any atom is 0.226 e. The highest BCUT2D eigenvalue weighted by atomic mass is 16.2. The molecule has 6 heteroatoms. The smallest absolute Gasteiger partial charge is 0.226 e. The summed E-state index contributed by atoms with van der Waals surface area (Å²) in [5.41, 5.74) is 0. The Labute approximate surface area is 81.7 Å². The van der Waals surface area contributed by atoms with Crippen LogP contribution in [0.25, 0.3) is 0 Å². The minimum atomic E-state index is 0.0896. The van der Waals surface area contributed by atoms with Crippen molar-refractivity contribution in [2.45, 2.75) is 6.54 Å². The fraction of sp³-hybridized carbons (Fsp3) is 0.625. The first-order chi connectivity index (χ1) is 6.77. The lowest BCUT2D eigenvalue weighted by molar-refractivity contribution is -0.126. The van der Waals surface area contributed by atoms with Crippen molar-refractivity contribution >= 4 is 5.91 Å². The lowest BCUT2D eigenvalue weighted by Gasteiger charge is -2.25. The van der Waals surface area contributed by atoms with E-state index >= 15 is 0 Å². The lowest BCUT2D eigenvalue weighted by Crippen LogP contribution is -2.50. The Bertz CT molecular complexity index is 330. The molecule has 1 aliphatic heterocycles. The SMILES string of the molecule is Cn1cnnc1CNC(=O)C1CNC1. The van der Waals surface area contributed by atoms with Gasteiger partial charge in [-0.2, -0.15) is 0 Å². The van der Waals surface area contributed by atoms with Crippen LogP contribution in [0.4, 0.5) is 0 Å². The number of hydrogen-bond acceptors (Lipinski definition) is 4. The zero-order chi connectivity index (χ0) is 9.97. The van der Waals surface area contributed by atoms with Crippen molar-refractivity contribution in [3.8, 4) is 0 Å². The zero-order valence-corrected chi connectivity index (χ0v) is 8.03. The van der Waals surface area contributed by atoms with Gasteiger partial charge in [0.1, 0.15) is 6.33 Å². The standard InChI is InChI=1S/C8H13N5O/c1-13-5-11-12-7(13)4-10-8(14)6-2-9-3-6/h5-6,9H,2-4H2,1H3,(H,10,14). The lowest BCUT2D eigenvalue weighted by atomic mass is 10.0. The molecule has 14 heavy (non-hydrogen) atoms. The molecule has 1 fully saturated rings. The molecule has 76 valence electrons. The largest absolute Gasteiger partial charge is 0.348 e. The fourth-order valence-corrected chi connectivity index (χ4v) is 1.25. The number of nitrogens with zero attached hydrogens (tertiary/aromatic N) is 3. The van der Waals surface area contributed by atoms with Gasteiger partial charge in [0.25, 0.3) is 0 Å². The molecule has 2 heterocycles. The summed E-state index contributed by atoms with van der Waals surface area (Å²) >= 11 is 0. The minimum Gasteiger partial charge on any atom is -0.348 e. The van der Waals surface area contributed by atoms with Crippen molar-refractivity contribution < 1.29 is 4.79 Å². The van der Waals surface area contributed by atoms with Crippen LogP contribution < -0.4 is 10.6 Å². The Morgan fingerprint density at radius 2 is 2.57 bits per heavy atom. The van der Waals surface area contributed by atoms with Gasteiger partial charge in [-0.15, -0.1) is 10.2 Å². The second-order valence-corrected chi connectivity index (χ2v) is 3.43. The molecule has 0 radical (unpaired) electrons. The predicted octanol–water partition coefficient (Wildman–Crippen LogP) is -1.35. The van der Waals surface area contributed by atoms with E-state index in [-0.39, 0.29) is 11.8 Å². The molecule has 2 N–H and O–H groups in total. The Morgan fingerprint density at radius 1 is 1.79 bits per heavy atom. The average Bonchev–Trinajstić information content (AvgIpc) is 2.44. The van der Waals surface area contributed by atoms with E-state index in [9.17, 15) is 4.79 Å². The van der Waals surface area contributed by atoms with Crippen molar-refractivity contribution in [2.24, 2.45) is 13.0 Å². The first-order valence-electron chi connectivity index (χ1n) is 4.58. The third-order valence-electron chi connectivity index (χ3n) is 2.38. The van der Waals surface area contributed by atoms with E-state index in [0.717, 1.165) is 18.9 Å². The van der Waals surface area contributed by atoms with Gasteiger partial charge < -0.3 is 15.2 Å². The summed E-state index contributed by atoms with van der Waals surface area (Å²) in [6.07, 6.45) is 1.62. The molecule has 0 saturated carbocycles. The van der Waals surface area contributed by atoms with Crippen LogP contribution in [0.2, 0.25) is 0 Å². The van der Waals surface area contributed by atoms with Gasteiger partial charge in [0.2, 0.25) is 5.91 Å². The van der Waals surface area contributed by atoms with E-state index in [0.29, 0.717) is 6.54 Å². The van der Waals surface area contributed by atoms with Crippen molar-refractivity contribution in [2.75, 3.05) is 13.1 Å². The third kappa shape index (κ3) is 1.74. The summed E-state index contributed by atoms with van der Waals surface area (Å²) in [5, 5.41) is 13.5. The Morgan fingerprint density at radius 3 is 3.07 bits per heavy atom. The molecule has 0 aromatic carbocycles. The monoisotopic (exact) mass is 195 g/mol. The summed E-state index contributed by atoms with van der Waals surface area (Å²) in [5.74, 6) is 0.987. The van der Waals surface area contributed by atoms with Gasteiger partial charge in [-0.25, -0.2) is 0 Å². The van der Waals surface area contributed by atoms with Crippen LogP contribution in [-0.4, -0.2) is 33.8 Å². The highest BCUT2D eigenvalue weighted by Gasteiger charge is 2.24. The van der Waals surface area contributed by atoms with E-state index in [1.54, 1.807) is 10.9 Å². The topological polar surface area (TPSA) is 71.8 Å². The minimum absolute atomic E-state index is 0.0896. The first-order valence-corrected chi connectivity index (χ1v) is 4.58. The number of nitrogens with one attached hydrogen (secondary N) is 2. The Balaban J connectivity index is 1.82. The summed E-state index contributed by atoms with van der Waals surface area (Å²) in [7, 11) is 1.85. The maximum absolute atomic E-state index is 11.4. The molecule has 0 aliphatic carbocycles. The van der Waals surface area contributed by atoms with Crippen LogP contribution in [0, 0.1) is 5.92 Å².